The first kappa shape index (κ1) is 18.7. The maximum Gasteiger partial charge on any atom is 0.318 e. The number of hydrogen-bond donors (Lipinski definition) is 1. The number of carbonyl (C=O) groups is 1. The standard InChI is InChI=1S/C19H31N5O3/c25-19(20-13-17-21-18(27-22-17)15-5-1-2-6-15)24-8-4-3-7-16(24)14-23-9-11-26-12-10-23/h15-16H,1-14H2,(H,20,25)/t16-/m0/s1. The summed E-state index contributed by atoms with van der Waals surface area (Å²) in [6.07, 6.45) is 8.06. The van der Waals surface area contributed by atoms with Crippen LogP contribution < -0.4 is 5.32 Å². The highest BCUT2D eigenvalue weighted by Crippen LogP contribution is 2.32. The molecule has 2 aliphatic heterocycles. The molecule has 3 aliphatic rings. The monoisotopic (exact) mass is 377 g/mol. The number of hydrogen-bond acceptors (Lipinski definition) is 6. The Morgan fingerprint density at radius 2 is 1.85 bits per heavy atom. The molecule has 0 unspecified atom stereocenters. The molecule has 1 N–H and O–H groups in total. The third-order valence-corrected chi connectivity index (χ3v) is 6.05. The molecule has 150 valence electrons. The molecule has 8 heteroatoms. The van der Waals surface area contributed by atoms with Crippen molar-refractivity contribution < 1.29 is 14.1 Å². The van der Waals surface area contributed by atoms with Crippen LogP contribution in [0.15, 0.2) is 4.52 Å². The molecule has 0 aromatic carbocycles. The summed E-state index contributed by atoms with van der Waals surface area (Å²) in [4.78, 5) is 21.7. The van der Waals surface area contributed by atoms with Crippen LogP contribution in [0.25, 0.3) is 0 Å². The van der Waals surface area contributed by atoms with Crippen molar-refractivity contribution in [2.24, 2.45) is 0 Å². The largest absolute Gasteiger partial charge is 0.379 e. The highest BCUT2D eigenvalue weighted by Gasteiger charge is 2.29. The van der Waals surface area contributed by atoms with E-state index >= 15 is 0 Å². The number of piperidine rings is 1. The SMILES string of the molecule is O=C(NCc1noc(C2CCCC2)n1)N1CCCC[C@H]1CN1CCOCC1. The first-order valence-electron chi connectivity index (χ1n) is 10.5. The molecule has 27 heavy (non-hydrogen) atoms. The second kappa shape index (κ2) is 9.01. The van der Waals surface area contributed by atoms with Crippen LogP contribution in [-0.2, 0) is 11.3 Å². The molecule has 1 aliphatic carbocycles. The van der Waals surface area contributed by atoms with E-state index < -0.39 is 0 Å². The molecular formula is C19H31N5O3. The van der Waals surface area contributed by atoms with Crippen LogP contribution in [0.5, 0.6) is 0 Å². The van der Waals surface area contributed by atoms with Gasteiger partial charge in [-0.05, 0) is 32.1 Å². The fraction of sp³-hybridized carbons (Fsp3) is 0.842. The van der Waals surface area contributed by atoms with Gasteiger partial charge in [0.2, 0.25) is 5.89 Å². The van der Waals surface area contributed by atoms with Crippen molar-refractivity contribution in [1.29, 1.82) is 0 Å². The van der Waals surface area contributed by atoms with Gasteiger partial charge in [-0.25, -0.2) is 4.79 Å². The van der Waals surface area contributed by atoms with Crippen LogP contribution in [0, 0.1) is 0 Å². The summed E-state index contributed by atoms with van der Waals surface area (Å²) in [5, 5.41) is 7.05. The second-order valence-corrected chi connectivity index (χ2v) is 7.94. The van der Waals surface area contributed by atoms with Crippen LogP contribution >= 0.6 is 0 Å². The lowest BCUT2D eigenvalue weighted by molar-refractivity contribution is 0.0221. The van der Waals surface area contributed by atoms with E-state index in [1.54, 1.807) is 0 Å². The van der Waals surface area contributed by atoms with Crippen LogP contribution in [0.3, 0.4) is 0 Å². The van der Waals surface area contributed by atoms with Gasteiger partial charge in [0.1, 0.15) is 0 Å². The molecule has 0 spiro atoms. The Morgan fingerprint density at radius 3 is 2.67 bits per heavy atom. The fourth-order valence-corrected chi connectivity index (χ4v) is 4.47. The van der Waals surface area contributed by atoms with Crippen molar-refractivity contribution in [3.05, 3.63) is 11.7 Å². The second-order valence-electron chi connectivity index (χ2n) is 7.94. The smallest absolute Gasteiger partial charge is 0.318 e. The van der Waals surface area contributed by atoms with Crippen molar-refractivity contribution in [3.63, 3.8) is 0 Å². The lowest BCUT2D eigenvalue weighted by atomic mass is 10.0. The van der Waals surface area contributed by atoms with Gasteiger partial charge in [0.15, 0.2) is 5.82 Å². The summed E-state index contributed by atoms with van der Waals surface area (Å²) >= 11 is 0. The average molecular weight is 377 g/mol. The van der Waals surface area contributed by atoms with Gasteiger partial charge in [0, 0.05) is 38.1 Å². The van der Waals surface area contributed by atoms with Gasteiger partial charge in [-0.3, -0.25) is 4.90 Å². The van der Waals surface area contributed by atoms with E-state index in [0.29, 0.717) is 18.3 Å². The minimum absolute atomic E-state index is 0.0137. The molecule has 4 rings (SSSR count). The van der Waals surface area contributed by atoms with E-state index in [2.05, 4.69) is 20.4 Å². The molecule has 0 bridgehead atoms. The zero-order valence-electron chi connectivity index (χ0n) is 16.1. The number of amides is 2. The molecule has 1 atom stereocenters. The Hall–Kier alpha value is -1.67. The summed E-state index contributed by atoms with van der Waals surface area (Å²) in [6.45, 7) is 5.58. The molecule has 1 saturated carbocycles. The van der Waals surface area contributed by atoms with Crippen molar-refractivity contribution >= 4 is 6.03 Å². The molecule has 1 aromatic heterocycles. The number of nitrogens with zero attached hydrogens (tertiary/aromatic N) is 4. The third kappa shape index (κ3) is 4.79. The maximum absolute atomic E-state index is 12.8. The van der Waals surface area contributed by atoms with Crippen molar-refractivity contribution in [3.8, 4) is 0 Å². The average Bonchev–Trinajstić information content (AvgIpc) is 3.39. The summed E-state index contributed by atoms with van der Waals surface area (Å²) in [6, 6.07) is 0.261. The number of morpholine rings is 1. The summed E-state index contributed by atoms with van der Waals surface area (Å²) in [5.74, 6) is 1.72. The molecule has 2 amide bonds. The van der Waals surface area contributed by atoms with Gasteiger partial charge >= 0.3 is 6.03 Å². The minimum Gasteiger partial charge on any atom is -0.379 e. The normalized spacial score (nSPS) is 25.0. The molecule has 3 heterocycles. The Kier molecular flexibility index (Phi) is 6.24. The van der Waals surface area contributed by atoms with E-state index in [-0.39, 0.29) is 12.1 Å². The highest BCUT2D eigenvalue weighted by atomic mass is 16.5. The first-order chi connectivity index (χ1) is 13.3. The van der Waals surface area contributed by atoms with Gasteiger partial charge < -0.3 is 19.5 Å². The molecule has 3 fully saturated rings. The number of aromatic nitrogens is 2. The molecular weight excluding hydrogens is 346 g/mol. The topological polar surface area (TPSA) is 83.7 Å². The van der Waals surface area contributed by atoms with Gasteiger partial charge in [-0.2, -0.15) is 4.98 Å². The lowest BCUT2D eigenvalue weighted by Crippen LogP contribution is -2.54. The Bertz CT molecular complexity index is 610. The summed E-state index contributed by atoms with van der Waals surface area (Å²) < 4.78 is 10.8. The van der Waals surface area contributed by atoms with Crippen molar-refractivity contribution in [2.45, 2.75) is 63.5 Å². The van der Waals surface area contributed by atoms with E-state index in [1.807, 2.05) is 4.90 Å². The van der Waals surface area contributed by atoms with E-state index in [1.165, 1.54) is 19.3 Å². The quantitative estimate of drug-likeness (QED) is 0.846. The summed E-state index contributed by atoms with van der Waals surface area (Å²) in [7, 11) is 0. The molecule has 1 aromatic rings. The maximum atomic E-state index is 12.8. The van der Waals surface area contributed by atoms with Crippen LogP contribution in [-0.4, -0.2) is 71.4 Å². The van der Waals surface area contributed by atoms with Crippen LogP contribution in [0.2, 0.25) is 0 Å². The van der Waals surface area contributed by atoms with Gasteiger partial charge in [-0.15, -0.1) is 0 Å². The zero-order valence-corrected chi connectivity index (χ0v) is 16.1. The number of carbonyl (C=O) groups excluding carboxylic acids is 1. The van der Waals surface area contributed by atoms with Crippen LogP contribution in [0.4, 0.5) is 4.79 Å². The Balaban J connectivity index is 1.29. The van der Waals surface area contributed by atoms with Crippen molar-refractivity contribution in [1.82, 2.24) is 25.3 Å². The molecule has 8 nitrogen and oxygen atoms in total. The zero-order chi connectivity index (χ0) is 18.5. The predicted octanol–water partition coefficient (Wildman–Crippen LogP) is 2.12. The van der Waals surface area contributed by atoms with Crippen molar-refractivity contribution in [2.75, 3.05) is 39.4 Å². The fourth-order valence-electron chi connectivity index (χ4n) is 4.47. The minimum atomic E-state index is -0.0137. The Labute approximate surface area is 160 Å². The number of likely N-dealkylation sites (tertiary alicyclic amines) is 1. The van der Waals surface area contributed by atoms with Gasteiger partial charge in [0.05, 0.1) is 19.8 Å². The van der Waals surface area contributed by atoms with Crippen LogP contribution in [0.1, 0.15) is 62.6 Å². The first-order valence-corrected chi connectivity index (χ1v) is 10.5. The van der Waals surface area contributed by atoms with E-state index in [9.17, 15) is 4.79 Å². The lowest BCUT2D eigenvalue weighted by Gasteiger charge is -2.39. The summed E-state index contributed by atoms with van der Waals surface area (Å²) in [5.41, 5.74) is 0. The number of rotatable bonds is 5. The predicted molar refractivity (Wildman–Crippen MR) is 99.3 cm³/mol. The Morgan fingerprint density at radius 1 is 1.07 bits per heavy atom. The third-order valence-electron chi connectivity index (χ3n) is 6.05. The highest BCUT2D eigenvalue weighted by molar-refractivity contribution is 5.74. The van der Waals surface area contributed by atoms with Gasteiger partial charge in [-0.1, -0.05) is 18.0 Å². The van der Waals surface area contributed by atoms with Gasteiger partial charge in [0.25, 0.3) is 0 Å². The van der Waals surface area contributed by atoms with E-state index in [0.717, 1.165) is 71.0 Å². The molecule has 2 saturated heterocycles. The van der Waals surface area contributed by atoms with E-state index in [4.69, 9.17) is 9.26 Å². The molecule has 0 radical (unpaired) electrons. The number of nitrogens with one attached hydrogen (secondary N) is 1. The number of ether oxygens (including phenoxy) is 1. The number of urea groups is 1.